The lowest BCUT2D eigenvalue weighted by atomic mass is 9.97. The van der Waals surface area contributed by atoms with Gasteiger partial charge in [0.05, 0.1) is 12.8 Å². The molecule has 0 aliphatic rings. The van der Waals surface area contributed by atoms with Gasteiger partial charge in [0.1, 0.15) is 5.75 Å². The number of aldehydes is 1. The van der Waals surface area contributed by atoms with Crippen LogP contribution in [0.3, 0.4) is 0 Å². The van der Waals surface area contributed by atoms with Crippen molar-refractivity contribution in [3.05, 3.63) is 72.1 Å². The number of methoxy groups -OCH3 is 1. The van der Waals surface area contributed by atoms with Crippen LogP contribution in [0, 0.1) is 0 Å². The lowest BCUT2D eigenvalue weighted by Crippen LogP contribution is -1.96. The second kappa shape index (κ2) is 6.10. The summed E-state index contributed by atoms with van der Waals surface area (Å²) in [6, 6.07) is 18.4. The zero-order chi connectivity index (χ0) is 17.4. The molecular weight excluding hydrogens is 310 g/mol. The van der Waals surface area contributed by atoms with E-state index in [1.54, 1.807) is 7.11 Å². The number of aryl methyl sites for hydroxylation is 1. The molecule has 0 saturated carbocycles. The molecule has 3 nitrogen and oxygen atoms in total. The second-order valence-corrected chi connectivity index (χ2v) is 6.11. The highest BCUT2D eigenvalue weighted by molar-refractivity contribution is 6.04. The van der Waals surface area contributed by atoms with Gasteiger partial charge in [-0.3, -0.25) is 4.79 Å². The predicted octanol–water partition coefficient (Wildman–Crippen LogP) is 5.14. The van der Waals surface area contributed by atoms with Crippen molar-refractivity contribution in [3.63, 3.8) is 0 Å². The van der Waals surface area contributed by atoms with Crippen molar-refractivity contribution >= 4 is 22.6 Å². The van der Waals surface area contributed by atoms with Gasteiger partial charge in [0.15, 0.2) is 6.29 Å². The van der Waals surface area contributed by atoms with E-state index in [4.69, 9.17) is 4.74 Å². The number of ether oxygens (including phenoxy) is 1. The maximum atomic E-state index is 11.9. The number of pyridine rings is 1. The summed E-state index contributed by atoms with van der Waals surface area (Å²) in [5.74, 6) is 0.772. The SMILES string of the molecule is CCc1ccc2cc(-c3c(OC)ccc4ccccc34)c(C=O)n2c1. The monoisotopic (exact) mass is 329 g/mol. The average Bonchev–Trinajstić information content (AvgIpc) is 3.03. The van der Waals surface area contributed by atoms with E-state index in [0.29, 0.717) is 5.69 Å². The summed E-state index contributed by atoms with van der Waals surface area (Å²) in [7, 11) is 1.67. The smallest absolute Gasteiger partial charge is 0.167 e. The van der Waals surface area contributed by atoms with E-state index in [-0.39, 0.29) is 0 Å². The second-order valence-electron chi connectivity index (χ2n) is 6.11. The highest BCUT2D eigenvalue weighted by Crippen LogP contribution is 2.39. The van der Waals surface area contributed by atoms with E-state index in [2.05, 4.69) is 37.3 Å². The molecule has 0 unspecified atom stereocenters. The van der Waals surface area contributed by atoms with E-state index in [9.17, 15) is 4.79 Å². The fourth-order valence-electron chi connectivity index (χ4n) is 3.46. The zero-order valence-electron chi connectivity index (χ0n) is 14.3. The Morgan fingerprint density at radius 1 is 1.08 bits per heavy atom. The van der Waals surface area contributed by atoms with Crippen molar-refractivity contribution in [1.82, 2.24) is 4.40 Å². The molecule has 0 N–H and O–H groups in total. The topological polar surface area (TPSA) is 30.7 Å². The van der Waals surface area contributed by atoms with E-state index in [0.717, 1.165) is 45.9 Å². The Morgan fingerprint density at radius 2 is 1.92 bits per heavy atom. The molecule has 0 bridgehead atoms. The first kappa shape index (κ1) is 15.5. The third-order valence-corrected chi connectivity index (χ3v) is 4.77. The Balaban J connectivity index is 2.11. The van der Waals surface area contributed by atoms with Gasteiger partial charge in [-0.1, -0.05) is 43.3 Å². The van der Waals surface area contributed by atoms with Crippen LogP contribution >= 0.6 is 0 Å². The van der Waals surface area contributed by atoms with E-state index < -0.39 is 0 Å². The molecule has 25 heavy (non-hydrogen) atoms. The summed E-state index contributed by atoms with van der Waals surface area (Å²) >= 11 is 0. The molecule has 3 heteroatoms. The molecule has 2 heterocycles. The summed E-state index contributed by atoms with van der Waals surface area (Å²) in [6.45, 7) is 2.11. The first-order valence-corrected chi connectivity index (χ1v) is 8.42. The minimum Gasteiger partial charge on any atom is -0.496 e. The van der Waals surface area contributed by atoms with Crippen molar-refractivity contribution in [2.45, 2.75) is 13.3 Å². The minimum atomic E-state index is 0.653. The molecule has 0 aliphatic heterocycles. The lowest BCUT2D eigenvalue weighted by Gasteiger charge is -2.12. The van der Waals surface area contributed by atoms with Crippen LogP contribution in [-0.2, 0) is 6.42 Å². The fraction of sp³-hybridized carbons (Fsp3) is 0.136. The Morgan fingerprint density at radius 3 is 2.68 bits per heavy atom. The lowest BCUT2D eigenvalue weighted by molar-refractivity contribution is 0.111. The van der Waals surface area contributed by atoms with Gasteiger partial charge in [0, 0.05) is 22.8 Å². The van der Waals surface area contributed by atoms with Crippen molar-refractivity contribution < 1.29 is 9.53 Å². The summed E-state index contributed by atoms with van der Waals surface area (Å²) in [4.78, 5) is 11.9. The number of carbonyl (C=O) groups excluding carboxylic acids is 1. The molecule has 4 aromatic rings. The average molecular weight is 329 g/mol. The van der Waals surface area contributed by atoms with Crippen molar-refractivity contribution in [2.24, 2.45) is 0 Å². The van der Waals surface area contributed by atoms with E-state index in [1.807, 2.05) is 34.9 Å². The summed E-state index contributed by atoms with van der Waals surface area (Å²) in [6.07, 6.45) is 3.91. The largest absolute Gasteiger partial charge is 0.496 e. The number of hydrogen-bond acceptors (Lipinski definition) is 2. The predicted molar refractivity (Wildman–Crippen MR) is 102 cm³/mol. The standard InChI is InChI=1S/C22H19NO2/c1-3-15-8-10-17-12-19(20(14-24)23(17)13-15)22-18-7-5-4-6-16(18)9-11-21(22)25-2/h4-14H,3H2,1-2H3. The first-order valence-electron chi connectivity index (χ1n) is 8.42. The number of aromatic nitrogens is 1. The van der Waals surface area contributed by atoms with Gasteiger partial charge in [-0.05, 0) is 41.0 Å². The molecule has 124 valence electrons. The Labute approximate surface area is 146 Å². The molecular formula is C22H19NO2. The Kier molecular flexibility index (Phi) is 3.77. The quantitative estimate of drug-likeness (QED) is 0.485. The van der Waals surface area contributed by atoms with Crippen LogP contribution in [0.15, 0.2) is 60.8 Å². The minimum absolute atomic E-state index is 0.653. The molecule has 0 saturated heterocycles. The van der Waals surface area contributed by atoms with Crippen LogP contribution in [0.1, 0.15) is 23.0 Å². The number of nitrogens with zero attached hydrogens (tertiary/aromatic N) is 1. The van der Waals surface area contributed by atoms with Gasteiger partial charge in [-0.25, -0.2) is 0 Å². The van der Waals surface area contributed by atoms with Gasteiger partial charge >= 0.3 is 0 Å². The number of rotatable bonds is 4. The summed E-state index contributed by atoms with van der Waals surface area (Å²) in [5.41, 5.74) is 4.72. The number of carbonyl (C=O) groups is 1. The van der Waals surface area contributed by atoms with Crippen LogP contribution in [-0.4, -0.2) is 17.8 Å². The van der Waals surface area contributed by atoms with Crippen LogP contribution < -0.4 is 4.74 Å². The fourth-order valence-corrected chi connectivity index (χ4v) is 3.46. The highest BCUT2D eigenvalue weighted by atomic mass is 16.5. The molecule has 0 fully saturated rings. The van der Waals surface area contributed by atoms with E-state index in [1.165, 1.54) is 5.56 Å². The van der Waals surface area contributed by atoms with Crippen LogP contribution in [0.4, 0.5) is 0 Å². The van der Waals surface area contributed by atoms with Crippen LogP contribution in [0.25, 0.3) is 27.4 Å². The first-order chi connectivity index (χ1) is 12.3. The number of hydrogen-bond donors (Lipinski definition) is 0. The molecule has 0 aliphatic carbocycles. The maximum Gasteiger partial charge on any atom is 0.167 e. The summed E-state index contributed by atoms with van der Waals surface area (Å²) < 4.78 is 7.60. The zero-order valence-corrected chi connectivity index (χ0v) is 14.3. The molecule has 0 spiro atoms. The van der Waals surface area contributed by atoms with Crippen LogP contribution in [0.5, 0.6) is 5.75 Å². The molecule has 4 rings (SSSR count). The number of fused-ring (bicyclic) bond motifs is 2. The van der Waals surface area contributed by atoms with Gasteiger partial charge in [0.2, 0.25) is 0 Å². The molecule has 0 amide bonds. The maximum absolute atomic E-state index is 11.9. The molecule has 2 aromatic heterocycles. The molecule has 2 aromatic carbocycles. The molecule has 0 atom stereocenters. The van der Waals surface area contributed by atoms with Gasteiger partial charge in [0.25, 0.3) is 0 Å². The third kappa shape index (κ3) is 2.40. The Bertz CT molecular complexity index is 1090. The van der Waals surface area contributed by atoms with Gasteiger partial charge in [-0.2, -0.15) is 0 Å². The van der Waals surface area contributed by atoms with Crippen molar-refractivity contribution in [3.8, 4) is 16.9 Å². The Hall–Kier alpha value is -3.07. The molecule has 0 radical (unpaired) electrons. The van der Waals surface area contributed by atoms with Crippen molar-refractivity contribution in [1.29, 1.82) is 0 Å². The summed E-state index contributed by atoms with van der Waals surface area (Å²) in [5, 5.41) is 2.20. The highest BCUT2D eigenvalue weighted by Gasteiger charge is 2.18. The van der Waals surface area contributed by atoms with Gasteiger partial charge in [-0.15, -0.1) is 0 Å². The van der Waals surface area contributed by atoms with Crippen molar-refractivity contribution in [2.75, 3.05) is 7.11 Å². The van der Waals surface area contributed by atoms with E-state index >= 15 is 0 Å². The third-order valence-electron chi connectivity index (χ3n) is 4.77. The normalized spacial score (nSPS) is 11.1. The van der Waals surface area contributed by atoms with Gasteiger partial charge < -0.3 is 9.14 Å². The van der Waals surface area contributed by atoms with Crippen LogP contribution in [0.2, 0.25) is 0 Å². The number of benzene rings is 2.